The van der Waals surface area contributed by atoms with E-state index in [0.717, 1.165) is 37.4 Å². The number of hydrogen-bond acceptors (Lipinski definition) is 3. The molecule has 1 N–H and O–H groups in total. The van der Waals surface area contributed by atoms with Crippen LogP contribution in [0.25, 0.3) is 5.65 Å². The zero-order valence-corrected chi connectivity index (χ0v) is 9.47. The van der Waals surface area contributed by atoms with Crippen LogP contribution in [0.4, 0.5) is 0 Å². The highest BCUT2D eigenvalue weighted by Gasteiger charge is 2.18. The molecule has 1 aliphatic rings. The van der Waals surface area contributed by atoms with Gasteiger partial charge in [0, 0.05) is 44.8 Å². The second kappa shape index (κ2) is 4.18. The molecule has 5 nitrogen and oxygen atoms in total. The van der Waals surface area contributed by atoms with Gasteiger partial charge >= 0.3 is 0 Å². The van der Waals surface area contributed by atoms with Crippen molar-refractivity contribution < 1.29 is 4.79 Å². The van der Waals surface area contributed by atoms with Gasteiger partial charge in [0.2, 0.25) is 0 Å². The Morgan fingerprint density at radius 2 is 2.12 bits per heavy atom. The number of carbonyl (C=O) groups excluding carboxylic acids is 1. The molecule has 1 saturated heterocycles. The van der Waals surface area contributed by atoms with Gasteiger partial charge in [-0.25, -0.2) is 4.98 Å². The molecule has 2 aromatic rings. The van der Waals surface area contributed by atoms with Gasteiger partial charge in [-0.3, -0.25) is 4.79 Å². The first-order chi connectivity index (χ1) is 8.34. The Kier molecular flexibility index (Phi) is 2.53. The number of pyridine rings is 1. The van der Waals surface area contributed by atoms with Crippen molar-refractivity contribution in [2.45, 2.75) is 0 Å². The minimum Gasteiger partial charge on any atom is -0.336 e. The zero-order chi connectivity index (χ0) is 11.7. The standard InChI is InChI=1S/C12H14N4O/c17-12(15-6-3-13-4-7-15)10-1-2-11-14-5-8-16(11)9-10/h1-2,5,8-9,13H,3-4,6-7H2. The van der Waals surface area contributed by atoms with Crippen molar-refractivity contribution in [1.29, 1.82) is 0 Å². The van der Waals surface area contributed by atoms with Crippen LogP contribution in [0, 0.1) is 0 Å². The Balaban J connectivity index is 1.88. The summed E-state index contributed by atoms with van der Waals surface area (Å²) >= 11 is 0. The Labute approximate surface area is 99.1 Å². The van der Waals surface area contributed by atoms with E-state index in [1.807, 2.05) is 33.8 Å². The number of piperazine rings is 1. The van der Waals surface area contributed by atoms with Crippen molar-refractivity contribution in [2.75, 3.05) is 26.2 Å². The third-order valence-electron chi connectivity index (χ3n) is 3.04. The topological polar surface area (TPSA) is 49.6 Å². The molecule has 1 fully saturated rings. The van der Waals surface area contributed by atoms with Crippen molar-refractivity contribution in [3.05, 3.63) is 36.3 Å². The number of fused-ring (bicyclic) bond motifs is 1. The van der Waals surface area contributed by atoms with Crippen LogP contribution in [-0.2, 0) is 0 Å². The quantitative estimate of drug-likeness (QED) is 0.770. The Morgan fingerprint density at radius 3 is 2.94 bits per heavy atom. The number of imidazole rings is 1. The molecule has 0 unspecified atom stereocenters. The fourth-order valence-electron chi connectivity index (χ4n) is 2.10. The summed E-state index contributed by atoms with van der Waals surface area (Å²) in [6.07, 6.45) is 5.42. The van der Waals surface area contributed by atoms with Crippen LogP contribution in [-0.4, -0.2) is 46.4 Å². The maximum atomic E-state index is 12.2. The number of hydrogen-bond donors (Lipinski definition) is 1. The number of aromatic nitrogens is 2. The molecule has 0 bridgehead atoms. The van der Waals surface area contributed by atoms with E-state index in [1.54, 1.807) is 6.20 Å². The lowest BCUT2D eigenvalue weighted by Gasteiger charge is -2.27. The average Bonchev–Trinajstić information content (AvgIpc) is 2.86. The van der Waals surface area contributed by atoms with Gasteiger partial charge < -0.3 is 14.6 Å². The molecule has 5 heteroatoms. The summed E-state index contributed by atoms with van der Waals surface area (Å²) in [6.45, 7) is 3.31. The van der Waals surface area contributed by atoms with Gasteiger partial charge in [-0.05, 0) is 12.1 Å². The predicted octanol–water partition coefficient (Wildman–Crippen LogP) is 0.380. The Morgan fingerprint density at radius 1 is 1.29 bits per heavy atom. The summed E-state index contributed by atoms with van der Waals surface area (Å²) in [6, 6.07) is 3.71. The van der Waals surface area contributed by atoms with E-state index in [4.69, 9.17) is 0 Å². The lowest BCUT2D eigenvalue weighted by atomic mass is 10.2. The number of nitrogens with one attached hydrogen (secondary N) is 1. The SMILES string of the molecule is O=C(c1ccc2nccn2c1)N1CCNCC1. The molecule has 1 amide bonds. The largest absolute Gasteiger partial charge is 0.336 e. The molecule has 3 rings (SSSR count). The van der Waals surface area contributed by atoms with E-state index in [2.05, 4.69) is 10.3 Å². The summed E-state index contributed by atoms with van der Waals surface area (Å²) in [4.78, 5) is 18.3. The first-order valence-electron chi connectivity index (χ1n) is 5.77. The molecule has 0 atom stereocenters. The van der Waals surface area contributed by atoms with Gasteiger partial charge in [0.1, 0.15) is 5.65 Å². The minimum absolute atomic E-state index is 0.0992. The fraction of sp³-hybridized carbons (Fsp3) is 0.333. The van der Waals surface area contributed by atoms with E-state index in [0.29, 0.717) is 0 Å². The molecule has 17 heavy (non-hydrogen) atoms. The highest BCUT2D eigenvalue weighted by molar-refractivity contribution is 5.94. The van der Waals surface area contributed by atoms with Crippen LogP contribution in [0.2, 0.25) is 0 Å². The van der Waals surface area contributed by atoms with Gasteiger partial charge in [-0.1, -0.05) is 0 Å². The van der Waals surface area contributed by atoms with Crippen LogP contribution in [0.1, 0.15) is 10.4 Å². The van der Waals surface area contributed by atoms with E-state index < -0.39 is 0 Å². The maximum Gasteiger partial charge on any atom is 0.255 e. The van der Waals surface area contributed by atoms with Crippen molar-refractivity contribution in [1.82, 2.24) is 19.6 Å². The van der Waals surface area contributed by atoms with E-state index >= 15 is 0 Å². The van der Waals surface area contributed by atoms with Gasteiger partial charge in [0.15, 0.2) is 0 Å². The predicted molar refractivity (Wildman–Crippen MR) is 64.0 cm³/mol. The van der Waals surface area contributed by atoms with E-state index in [1.165, 1.54) is 0 Å². The lowest BCUT2D eigenvalue weighted by Crippen LogP contribution is -2.46. The zero-order valence-electron chi connectivity index (χ0n) is 9.47. The van der Waals surface area contributed by atoms with Crippen molar-refractivity contribution >= 4 is 11.6 Å². The van der Waals surface area contributed by atoms with Crippen LogP contribution in [0.3, 0.4) is 0 Å². The first-order valence-corrected chi connectivity index (χ1v) is 5.77. The van der Waals surface area contributed by atoms with Gasteiger partial charge in [-0.15, -0.1) is 0 Å². The summed E-state index contributed by atoms with van der Waals surface area (Å²) < 4.78 is 1.87. The normalized spacial score (nSPS) is 16.4. The number of nitrogens with zero attached hydrogens (tertiary/aromatic N) is 3. The molecule has 0 radical (unpaired) electrons. The van der Waals surface area contributed by atoms with Crippen molar-refractivity contribution in [2.24, 2.45) is 0 Å². The monoisotopic (exact) mass is 230 g/mol. The lowest BCUT2D eigenvalue weighted by molar-refractivity contribution is 0.0735. The fourth-order valence-corrected chi connectivity index (χ4v) is 2.10. The second-order valence-corrected chi connectivity index (χ2v) is 4.15. The molecule has 0 aliphatic carbocycles. The Bertz CT molecular complexity index is 542. The summed E-state index contributed by atoms with van der Waals surface area (Å²) in [7, 11) is 0. The second-order valence-electron chi connectivity index (χ2n) is 4.15. The van der Waals surface area contributed by atoms with Gasteiger partial charge in [0.05, 0.1) is 5.56 Å². The molecular weight excluding hydrogens is 216 g/mol. The maximum absolute atomic E-state index is 12.2. The summed E-state index contributed by atoms with van der Waals surface area (Å²) in [5, 5.41) is 3.24. The van der Waals surface area contributed by atoms with Crippen molar-refractivity contribution in [3.8, 4) is 0 Å². The molecule has 88 valence electrons. The third kappa shape index (κ3) is 1.89. The molecule has 0 spiro atoms. The smallest absolute Gasteiger partial charge is 0.255 e. The van der Waals surface area contributed by atoms with Gasteiger partial charge in [-0.2, -0.15) is 0 Å². The molecule has 0 aromatic carbocycles. The minimum atomic E-state index is 0.0992. The van der Waals surface area contributed by atoms with Crippen LogP contribution < -0.4 is 5.32 Å². The van der Waals surface area contributed by atoms with Crippen LogP contribution in [0.5, 0.6) is 0 Å². The number of amides is 1. The van der Waals surface area contributed by atoms with Crippen molar-refractivity contribution in [3.63, 3.8) is 0 Å². The summed E-state index contributed by atoms with van der Waals surface area (Å²) in [5.74, 6) is 0.0992. The number of carbonyl (C=O) groups is 1. The molecular formula is C12H14N4O. The van der Waals surface area contributed by atoms with Crippen LogP contribution in [0.15, 0.2) is 30.7 Å². The van der Waals surface area contributed by atoms with E-state index in [-0.39, 0.29) is 5.91 Å². The molecule has 3 heterocycles. The Hall–Kier alpha value is -1.88. The summed E-state index contributed by atoms with van der Waals surface area (Å²) in [5.41, 5.74) is 1.58. The number of rotatable bonds is 1. The molecule has 1 aliphatic heterocycles. The average molecular weight is 230 g/mol. The third-order valence-corrected chi connectivity index (χ3v) is 3.04. The van der Waals surface area contributed by atoms with Crippen LogP contribution >= 0.6 is 0 Å². The highest BCUT2D eigenvalue weighted by atomic mass is 16.2. The molecule has 2 aromatic heterocycles. The van der Waals surface area contributed by atoms with Gasteiger partial charge in [0.25, 0.3) is 5.91 Å². The first kappa shape index (κ1) is 10.3. The van der Waals surface area contributed by atoms with E-state index in [9.17, 15) is 4.79 Å². The highest BCUT2D eigenvalue weighted by Crippen LogP contribution is 2.08. The molecule has 0 saturated carbocycles.